The molecule has 1 N–H and O–H groups in total. The van der Waals surface area contributed by atoms with Crippen LogP contribution in [0.3, 0.4) is 0 Å². The van der Waals surface area contributed by atoms with Gasteiger partial charge in [-0.1, -0.05) is 51.9 Å². The van der Waals surface area contributed by atoms with Gasteiger partial charge in [0.15, 0.2) is 0 Å². The standard InChI is InChI=1S/C17H25N3O/c1-2-3-4-5-6-7-8-9-12-19-17(21)16-11-10-15(13-18)14-20-16/h10-11,14H,2-9,12H2,1H3,(H,19,21). The Morgan fingerprint density at radius 3 is 2.38 bits per heavy atom. The molecule has 0 atom stereocenters. The molecule has 0 saturated heterocycles. The van der Waals surface area contributed by atoms with Crippen LogP contribution in [0.25, 0.3) is 0 Å². The van der Waals surface area contributed by atoms with Crippen LogP contribution >= 0.6 is 0 Å². The van der Waals surface area contributed by atoms with Crippen molar-refractivity contribution in [1.29, 1.82) is 5.26 Å². The Morgan fingerprint density at radius 2 is 1.81 bits per heavy atom. The van der Waals surface area contributed by atoms with Crippen molar-refractivity contribution in [3.63, 3.8) is 0 Å². The smallest absolute Gasteiger partial charge is 0.269 e. The lowest BCUT2D eigenvalue weighted by molar-refractivity contribution is 0.0948. The summed E-state index contributed by atoms with van der Waals surface area (Å²) in [5.41, 5.74) is 0.836. The second kappa shape index (κ2) is 10.8. The molecule has 1 aromatic heterocycles. The molecule has 0 aliphatic rings. The van der Waals surface area contributed by atoms with Gasteiger partial charge < -0.3 is 5.32 Å². The average molecular weight is 287 g/mol. The lowest BCUT2D eigenvalue weighted by atomic mass is 10.1. The fraction of sp³-hybridized carbons (Fsp3) is 0.588. The molecule has 1 rings (SSSR count). The second-order valence-corrected chi connectivity index (χ2v) is 5.27. The third kappa shape index (κ3) is 7.45. The minimum Gasteiger partial charge on any atom is -0.351 e. The molecule has 0 saturated carbocycles. The van der Waals surface area contributed by atoms with Gasteiger partial charge in [-0.3, -0.25) is 4.79 Å². The number of carbonyl (C=O) groups is 1. The van der Waals surface area contributed by atoms with E-state index in [0.717, 1.165) is 12.8 Å². The van der Waals surface area contributed by atoms with Crippen LogP contribution in [0.1, 0.15) is 74.3 Å². The Morgan fingerprint density at radius 1 is 1.14 bits per heavy atom. The van der Waals surface area contributed by atoms with E-state index < -0.39 is 0 Å². The van der Waals surface area contributed by atoms with Gasteiger partial charge in [0.25, 0.3) is 5.91 Å². The lowest BCUT2D eigenvalue weighted by Crippen LogP contribution is -2.25. The van der Waals surface area contributed by atoms with E-state index >= 15 is 0 Å². The third-order valence-corrected chi connectivity index (χ3v) is 3.44. The first-order valence-electron chi connectivity index (χ1n) is 7.92. The first-order valence-corrected chi connectivity index (χ1v) is 7.92. The number of nitrogens with zero attached hydrogens (tertiary/aromatic N) is 2. The third-order valence-electron chi connectivity index (χ3n) is 3.44. The Kier molecular flexibility index (Phi) is 8.86. The summed E-state index contributed by atoms with van der Waals surface area (Å²) < 4.78 is 0. The summed E-state index contributed by atoms with van der Waals surface area (Å²) in [5, 5.41) is 11.5. The topological polar surface area (TPSA) is 65.8 Å². The number of pyridine rings is 1. The Labute approximate surface area is 127 Å². The van der Waals surface area contributed by atoms with Crippen molar-refractivity contribution in [2.45, 2.75) is 58.3 Å². The van der Waals surface area contributed by atoms with Crippen LogP contribution in [0, 0.1) is 11.3 Å². The molecule has 1 aromatic rings. The number of unbranched alkanes of at least 4 members (excludes halogenated alkanes) is 7. The Hall–Kier alpha value is -1.89. The minimum atomic E-state index is -0.164. The zero-order chi connectivity index (χ0) is 15.3. The van der Waals surface area contributed by atoms with E-state index in [-0.39, 0.29) is 5.91 Å². The lowest BCUT2D eigenvalue weighted by Gasteiger charge is -2.05. The molecular weight excluding hydrogens is 262 g/mol. The molecular formula is C17H25N3O. The Bertz CT molecular complexity index is 448. The molecule has 0 aliphatic heterocycles. The summed E-state index contributed by atoms with van der Waals surface area (Å²) >= 11 is 0. The van der Waals surface area contributed by atoms with Crippen molar-refractivity contribution in [3.05, 3.63) is 29.6 Å². The molecule has 21 heavy (non-hydrogen) atoms. The fourth-order valence-electron chi connectivity index (χ4n) is 2.15. The molecule has 0 spiro atoms. The quantitative estimate of drug-likeness (QED) is 0.665. The SMILES string of the molecule is CCCCCCCCCCNC(=O)c1ccc(C#N)cn1. The number of carbonyl (C=O) groups excluding carboxylic acids is 1. The number of rotatable bonds is 10. The van der Waals surface area contributed by atoms with Crippen LogP contribution in [-0.2, 0) is 0 Å². The van der Waals surface area contributed by atoms with Gasteiger partial charge in [-0.25, -0.2) is 4.98 Å². The largest absolute Gasteiger partial charge is 0.351 e. The van der Waals surface area contributed by atoms with Crippen molar-refractivity contribution in [3.8, 4) is 6.07 Å². The van der Waals surface area contributed by atoms with E-state index in [2.05, 4.69) is 17.2 Å². The highest BCUT2D eigenvalue weighted by Crippen LogP contribution is 2.08. The fourth-order valence-corrected chi connectivity index (χ4v) is 2.15. The van der Waals surface area contributed by atoms with Crippen molar-refractivity contribution in [1.82, 2.24) is 10.3 Å². The molecule has 4 nitrogen and oxygen atoms in total. The van der Waals surface area contributed by atoms with Crippen LogP contribution in [0.5, 0.6) is 0 Å². The van der Waals surface area contributed by atoms with E-state index in [1.807, 2.05) is 6.07 Å². The maximum atomic E-state index is 11.8. The molecule has 0 aromatic carbocycles. The van der Waals surface area contributed by atoms with Gasteiger partial charge in [-0.15, -0.1) is 0 Å². The summed E-state index contributed by atoms with van der Waals surface area (Å²) in [6.07, 6.45) is 11.4. The van der Waals surface area contributed by atoms with Crippen LogP contribution in [0.4, 0.5) is 0 Å². The highest BCUT2D eigenvalue weighted by Gasteiger charge is 2.05. The van der Waals surface area contributed by atoms with E-state index in [0.29, 0.717) is 17.8 Å². The zero-order valence-electron chi connectivity index (χ0n) is 12.9. The van der Waals surface area contributed by atoms with Crippen LogP contribution in [0.15, 0.2) is 18.3 Å². The van der Waals surface area contributed by atoms with Crippen molar-refractivity contribution in [2.75, 3.05) is 6.54 Å². The number of nitrogens with one attached hydrogen (secondary N) is 1. The second-order valence-electron chi connectivity index (χ2n) is 5.27. The van der Waals surface area contributed by atoms with Gasteiger partial charge in [0.05, 0.1) is 5.56 Å². The summed E-state index contributed by atoms with van der Waals surface area (Å²) in [6, 6.07) is 5.18. The zero-order valence-corrected chi connectivity index (χ0v) is 12.9. The molecule has 0 aliphatic carbocycles. The number of aromatic nitrogens is 1. The summed E-state index contributed by atoms with van der Waals surface area (Å²) in [4.78, 5) is 15.8. The van der Waals surface area contributed by atoms with E-state index in [1.54, 1.807) is 12.1 Å². The van der Waals surface area contributed by atoms with Crippen molar-refractivity contribution >= 4 is 5.91 Å². The van der Waals surface area contributed by atoms with E-state index in [4.69, 9.17) is 5.26 Å². The van der Waals surface area contributed by atoms with Crippen LogP contribution in [-0.4, -0.2) is 17.4 Å². The molecule has 0 fully saturated rings. The van der Waals surface area contributed by atoms with Crippen LogP contribution in [0.2, 0.25) is 0 Å². The van der Waals surface area contributed by atoms with Gasteiger partial charge in [0, 0.05) is 12.7 Å². The normalized spacial score (nSPS) is 10.1. The molecule has 4 heteroatoms. The number of hydrogen-bond acceptors (Lipinski definition) is 3. The molecule has 0 radical (unpaired) electrons. The summed E-state index contributed by atoms with van der Waals surface area (Å²) in [5.74, 6) is -0.164. The minimum absolute atomic E-state index is 0.164. The summed E-state index contributed by atoms with van der Waals surface area (Å²) in [6.45, 7) is 2.92. The first-order chi connectivity index (χ1) is 10.3. The van der Waals surface area contributed by atoms with Gasteiger partial charge in [0.1, 0.15) is 11.8 Å². The molecule has 114 valence electrons. The van der Waals surface area contributed by atoms with E-state index in [1.165, 1.54) is 44.7 Å². The Balaban J connectivity index is 2.07. The number of amides is 1. The molecule has 0 unspecified atom stereocenters. The maximum Gasteiger partial charge on any atom is 0.269 e. The molecule has 1 amide bonds. The van der Waals surface area contributed by atoms with Crippen molar-refractivity contribution < 1.29 is 4.79 Å². The monoisotopic (exact) mass is 287 g/mol. The maximum absolute atomic E-state index is 11.8. The number of hydrogen-bond donors (Lipinski definition) is 1. The number of nitriles is 1. The van der Waals surface area contributed by atoms with Crippen molar-refractivity contribution in [2.24, 2.45) is 0 Å². The summed E-state index contributed by atoms with van der Waals surface area (Å²) in [7, 11) is 0. The predicted molar refractivity (Wildman–Crippen MR) is 83.9 cm³/mol. The van der Waals surface area contributed by atoms with Gasteiger partial charge >= 0.3 is 0 Å². The molecule has 0 bridgehead atoms. The molecule has 1 heterocycles. The highest BCUT2D eigenvalue weighted by molar-refractivity contribution is 5.92. The predicted octanol–water partition coefficient (Wildman–Crippen LogP) is 3.82. The van der Waals surface area contributed by atoms with Crippen LogP contribution < -0.4 is 5.32 Å². The van der Waals surface area contributed by atoms with E-state index in [9.17, 15) is 4.79 Å². The average Bonchev–Trinajstić information content (AvgIpc) is 2.53. The van der Waals surface area contributed by atoms with Gasteiger partial charge in [-0.2, -0.15) is 5.26 Å². The van der Waals surface area contributed by atoms with Gasteiger partial charge in [-0.05, 0) is 18.6 Å². The highest BCUT2D eigenvalue weighted by atomic mass is 16.1. The first kappa shape index (κ1) is 17.2. The van der Waals surface area contributed by atoms with Gasteiger partial charge in [0.2, 0.25) is 0 Å².